The molecule has 0 bridgehead atoms. The van der Waals surface area contributed by atoms with Crippen molar-refractivity contribution in [1.29, 1.82) is 0 Å². The van der Waals surface area contributed by atoms with E-state index >= 15 is 0 Å². The van der Waals surface area contributed by atoms with Crippen molar-refractivity contribution in [2.75, 3.05) is 0 Å². The SMILES string of the molecule is Cn1ccc(CNC(=O)CC(N)CC(C)(C)C)c1. The predicted molar refractivity (Wildman–Crippen MR) is 73.9 cm³/mol. The second-order valence-corrected chi connectivity index (χ2v) is 6.19. The molecule has 0 spiro atoms. The van der Waals surface area contributed by atoms with Gasteiger partial charge in [-0.25, -0.2) is 0 Å². The quantitative estimate of drug-likeness (QED) is 0.838. The molecule has 1 rings (SSSR count). The van der Waals surface area contributed by atoms with E-state index in [4.69, 9.17) is 5.73 Å². The van der Waals surface area contributed by atoms with E-state index in [2.05, 4.69) is 26.1 Å². The summed E-state index contributed by atoms with van der Waals surface area (Å²) in [5.74, 6) is 0.0237. The molecular weight excluding hydrogens is 226 g/mol. The predicted octanol–water partition coefficient (Wildman–Crippen LogP) is 1.79. The lowest BCUT2D eigenvalue weighted by molar-refractivity contribution is -0.121. The number of rotatable bonds is 5. The van der Waals surface area contributed by atoms with E-state index in [9.17, 15) is 4.79 Å². The van der Waals surface area contributed by atoms with Crippen molar-refractivity contribution in [3.8, 4) is 0 Å². The monoisotopic (exact) mass is 251 g/mol. The van der Waals surface area contributed by atoms with Gasteiger partial charge in [0, 0.05) is 38.4 Å². The highest BCUT2D eigenvalue weighted by Gasteiger charge is 2.17. The zero-order valence-corrected chi connectivity index (χ0v) is 11.9. The van der Waals surface area contributed by atoms with Crippen LogP contribution >= 0.6 is 0 Å². The lowest BCUT2D eigenvalue weighted by Crippen LogP contribution is -2.33. The Morgan fingerprint density at radius 3 is 2.67 bits per heavy atom. The molecule has 18 heavy (non-hydrogen) atoms. The number of carbonyl (C=O) groups is 1. The van der Waals surface area contributed by atoms with E-state index in [0.717, 1.165) is 12.0 Å². The summed E-state index contributed by atoms with van der Waals surface area (Å²) < 4.78 is 1.97. The largest absolute Gasteiger partial charge is 0.357 e. The van der Waals surface area contributed by atoms with Crippen molar-refractivity contribution in [2.45, 2.75) is 46.2 Å². The highest BCUT2D eigenvalue weighted by molar-refractivity contribution is 5.76. The Bertz CT molecular complexity index is 390. The maximum absolute atomic E-state index is 11.7. The van der Waals surface area contributed by atoms with Crippen LogP contribution in [0.1, 0.15) is 39.2 Å². The Hall–Kier alpha value is -1.29. The van der Waals surface area contributed by atoms with Gasteiger partial charge in [0.1, 0.15) is 0 Å². The third-order valence-electron chi connectivity index (χ3n) is 2.71. The van der Waals surface area contributed by atoms with Crippen molar-refractivity contribution >= 4 is 5.91 Å². The molecule has 3 N–H and O–H groups in total. The zero-order valence-electron chi connectivity index (χ0n) is 11.9. The van der Waals surface area contributed by atoms with E-state index in [1.165, 1.54) is 0 Å². The molecule has 0 aliphatic rings. The van der Waals surface area contributed by atoms with Crippen LogP contribution in [-0.2, 0) is 18.4 Å². The van der Waals surface area contributed by atoms with Crippen LogP contribution in [-0.4, -0.2) is 16.5 Å². The fraction of sp³-hybridized carbons (Fsp3) is 0.643. The fourth-order valence-electron chi connectivity index (χ4n) is 2.04. The van der Waals surface area contributed by atoms with Crippen LogP contribution in [0.4, 0.5) is 0 Å². The van der Waals surface area contributed by atoms with Gasteiger partial charge < -0.3 is 15.6 Å². The molecular formula is C14H25N3O. The summed E-state index contributed by atoms with van der Waals surface area (Å²) in [5.41, 5.74) is 7.24. The molecule has 1 aromatic heterocycles. The topological polar surface area (TPSA) is 60.0 Å². The highest BCUT2D eigenvalue weighted by atomic mass is 16.1. The molecule has 0 saturated carbocycles. The van der Waals surface area contributed by atoms with Gasteiger partial charge in [0.05, 0.1) is 0 Å². The molecule has 0 saturated heterocycles. The number of amides is 1. The molecule has 0 radical (unpaired) electrons. The Morgan fingerprint density at radius 1 is 1.50 bits per heavy atom. The third-order valence-corrected chi connectivity index (χ3v) is 2.71. The van der Waals surface area contributed by atoms with Gasteiger partial charge in [0.2, 0.25) is 5.91 Å². The van der Waals surface area contributed by atoms with Crippen molar-refractivity contribution in [3.05, 3.63) is 24.0 Å². The summed E-state index contributed by atoms with van der Waals surface area (Å²) >= 11 is 0. The van der Waals surface area contributed by atoms with E-state index in [-0.39, 0.29) is 17.4 Å². The van der Waals surface area contributed by atoms with Crippen LogP contribution in [0.2, 0.25) is 0 Å². The number of hydrogen-bond acceptors (Lipinski definition) is 2. The van der Waals surface area contributed by atoms with Crippen molar-refractivity contribution in [2.24, 2.45) is 18.2 Å². The minimum Gasteiger partial charge on any atom is -0.357 e. The summed E-state index contributed by atoms with van der Waals surface area (Å²) in [4.78, 5) is 11.7. The number of aryl methyl sites for hydroxylation is 1. The standard InChI is InChI=1S/C14H25N3O/c1-14(2,3)8-12(15)7-13(18)16-9-11-5-6-17(4)10-11/h5-6,10,12H,7-9,15H2,1-4H3,(H,16,18). The molecule has 0 fully saturated rings. The molecule has 0 aliphatic heterocycles. The Morgan fingerprint density at radius 2 is 2.17 bits per heavy atom. The molecule has 4 nitrogen and oxygen atoms in total. The number of carbonyl (C=O) groups excluding carboxylic acids is 1. The van der Waals surface area contributed by atoms with Gasteiger partial charge in [-0.05, 0) is 23.5 Å². The number of nitrogens with two attached hydrogens (primary N) is 1. The van der Waals surface area contributed by atoms with Gasteiger partial charge in [0.15, 0.2) is 0 Å². The molecule has 0 aromatic carbocycles. The lowest BCUT2D eigenvalue weighted by Gasteiger charge is -2.22. The van der Waals surface area contributed by atoms with E-state index < -0.39 is 0 Å². The summed E-state index contributed by atoms with van der Waals surface area (Å²) in [6.45, 7) is 6.97. The van der Waals surface area contributed by atoms with E-state index in [1.54, 1.807) is 0 Å². The van der Waals surface area contributed by atoms with Crippen molar-refractivity contribution in [1.82, 2.24) is 9.88 Å². The first-order valence-electron chi connectivity index (χ1n) is 6.39. The normalized spacial score (nSPS) is 13.4. The van der Waals surface area contributed by atoms with Gasteiger partial charge >= 0.3 is 0 Å². The first-order valence-corrected chi connectivity index (χ1v) is 6.39. The summed E-state index contributed by atoms with van der Waals surface area (Å²) in [6, 6.07) is 1.93. The van der Waals surface area contributed by atoms with Crippen molar-refractivity contribution < 1.29 is 4.79 Å². The Kier molecular flexibility index (Phi) is 4.96. The van der Waals surface area contributed by atoms with Crippen LogP contribution in [0.15, 0.2) is 18.5 Å². The smallest absolute Gasteiger partial charge is 0.221 e. The molecule has 1 unspecified atom stereocenters. The average Bonchev–Trinajstić information content (AvgIpc) is 2.58. The maximum Gasteiger partial charge on any atom is 0.221 e. The lowest BCUT2D eigenvalue weighted by atomic mass is 9.87. The molecule has 1 amide bonds. The zero-order chi connectivity index (χ0) is 13.8. The Balaban J connectivity index is 2.29. The first kappa shape index (κ1) is 14.8. The number of nitrogens with zero attached hydrogens (tertiary/aromatic N) is 1. The Labute approximate surface area is 110 Å². The third kappa shape index (κ3) is 5.87. The summed E-state index contributed by atoms with van der Waals surface area (Å²) in [5, 5.41) is 2.90. The molecule has 4 heteroatoms. The maximum atomic E-state index is 11.7. The minimum absolute atomic E-state index is 0.0237. The molecule has 1 heterocycles. The van der Waals surface area contributed by atoms with Gasteiger partial charge in [-0.3, -0.25) is 4.79 Å². The number of hydrogen-bond donors (Lipinski definition) is 2. The second-order valence-electron chi connectivity index (χ2n) is 6.19. The minimum atomic E-state index is -0.0687. The van der Waals surface area contributed by atoms with Crippen LogP contribution < -0.4 is 11.1 Å². The molecule has 1 aromatic rings. The van der Waals surface area contributed by atoms with Gasteiger partial charge in [-0.2, -0.15) is 0 Å². The number of nitrogens with one attached hydrogen (secondary N) is 1. The highest BCUT2D eigenvalue weighted by Crippen LogP contribution is 2.20. The summed E-state index contributed by atoms with van der Waals surface area (Å²) in [7, 11) is 1.96. The van der Waals surface area contributed by atoms with E-state index in [1.807, 2.05) is 30.1 Å². The first-order chi connectivity index (χ1) is 8.26. The van der Waals surface area contributed by atoms with Gasteiger partial charge in [-0.15, -0.1) is 0 Å². The molecule has 0 aliphatic carbocycles. The van der Waals surface area contributed by atoms with Gasteiger partial charge in [-0.1, -0.05) is 20.8 Å². The van der Waals surface area contributed by atoms with Crippen LogP contribution in [0.5, 0.6) is 0 Å². The molecule has 1 atom stereocenters. The average molecular weight is 251 g/mol. The fourth-order valence-corrected chi connectivity index (χ4v) is 2.04. The van der Waals surface area contributed by atoms with Crippen LogP contribution in [0.3, 0.4) is 0 Å². The van der Waals surface area contributed by atoms with Crippen molar-refractivity contribution in [3.63, 3.8) is 0 Å². The summed E-state index contributed by atoms with van der Waals surface area (Å²) in [6.07, 6.45) is 5.21. The number of aromatic nitrogens is 1. The van der Waals surface area contributed by atoms with E-state index in [0.29, 0.717) is 13.0 Å². The van der Waals surface area contributed by atoms with Crippen LogP contribution in [0, 0.1) is 5.41 Å². The molecule has 102 valence electrons. The van der Waals surface area contributed by atoms with Crippen LogP contribution in [0.25, 0.3) is 0 Å². The second kappa shape index (κ2) is 6.05. The van der Waals surface area contributed by atoms with Gasteiger partial charge in [0.25, 0.3) is 0 Å².